The molecule has 7 rings (SSSR count). The van der Waals surface area contributed by atoms with Gasteiger partial charge in [-0.25, -0.2) is 13.2 Å². The fourth-order valence-corrected chi connectivity index (χ4v) is 6.43. The van der Waals surface area contributed by atoms with E-state index in [-0.39, 0.29) is 24.2 Å². The van der Waals surface area contributed by atoms with E-state index in [1.807, 2.05) is 18.2 Å². The van der Waals surface area contributed by atoms with E-state index < -0.39 is 23.2 Å². The standard InChI is InChI=1S/C36H35F3N6O3/c37-24-14-21(15-25(38)18-24)13-23-16-30-33(20-29(23)22-1-4-34(46)31(39)17-22)43-44-35(30)42-36(47)28-3-2-27(45-9-7-40-8-10-45)19-32(28)41-26-5-11-48-12-6-26/h1-4,14-20,26,40-41,46H,5-13H2,(H2,42,43,44,47). The van der Waals surface area contributed by atoms with E-state index in [1.54, 1.807) is 18.2 Å². The Balaban J connectivity index is 1.24. The molecule has 2 saturated heterocycles. The minimum atomic E-state index is -0.805. The van der Waals surface area contributed by atoms with Crippen molar-refractivity contribution >= 4 is 34.0 Å². The molecule has 0 spiro atoms. The third-order valence-corrected chi connectivity index (χ3v) is 8.91. The van der Waals surface area contributed by atoms with E-state index in [1.165, 1.54) is 24.3 Å². The summed E-state index contributed by atoms with van der Waals surface area (Å²) in [5.74, 6) is -2.82. The number of aromatic nitrogens is 2. The first-order valence-electron chi connectivity index (χ1n) is 16.0. The van der Waals surface area contributed by atoms with Gasteiger partial charge in [0.1, 0.15) is 11.6 Å². The fourth-order valence-electron chi connectivity index (χ4n) is 6.43. The lowest BCUT2D eigenvalue weighted by Crippen LogP contribution is -2.43. The number of ether oxygens (including phenoxy) is 1. The summed E-state index contributed by atoms with van der Waals surface area (Å²) in [4.78, 5) is 16.2. The molecule has 5 N–H and O–H groups in total. The summed E-state index contributed by atoms with van der Waals surface area (Å²) in [5.41, 5.74) is 4.77. The lowest BCUT2D eigenvalue weighted by Gasteiger charge is -2.31. The molecule has 9 nitrogen and oxygen atoms in total. The number of hydrogen-bond acceptors (Lipinski definition) is 7. The minimum Gasteiger partial charge on any atom is -0.505 e. The molecule has 5 aromatic rings. The first kappa shape index (κ1) is 31.5. The van der Waals surface area contributed by atoms with Crippen LogP contribution in [0.15, 0.2) is 66.7 Å². The monoisotopic (exact) mass is 656 g/mol. The summed E-state index contributed by atoms with van der Waals surface area (Å²) in [7, 11) is 0. The molecule has 0 radical (unpaired) electrons. The number of phenols is 1. The Bertz CT molecular complexity index is 1950. The van der Waals surface area contributed by atoms with Crippen LogP contribution in [0.5, 0.6) is 5.75 Å². The second-order valence-corrected chi connectivity index (χ2v) is 12.2. The van der Waals surface area contributed by atoms with E-state index in [4.69, 9.17) is 4.74 Å². The average Bonchev–Trinajstić information content (AvgIpc) is 3.47. The molecule has 1 aromatic heterocycles. The van der Waals surface area contributed by atoms with Gasteiger partial charge in [-0.05, 0) is 96.1 Å². The Morgan fingerprint density at radius 3 is 2.48 bits per heavy atom. The molecule has 248 valence electrons. The van der Waals surface area contributed by atoms with Gasteiger partial charge in [0.2, 0.25) is 0 Å². The maximum atomic E-state index is 14.4. The van der Waals surface area contributed by atoms with Gasteiger partial charge in [0, 0.05) is 68.3 Å². The number of aromatic hydroxyl groups is 1. The second-order valence-electron chi connectivity index (χ2n) is 12.2. The molecule has 4 aromatic carbocycles. The molecule has 12 heteroatoms. The second kappa shape index (κ2) is 13.6. The minimum absolute atomic E-state index is 0.105. The Morgan fingerprint density at radius 2 is 1.73 bits per heavy atom. The Labute approximate surface area is 275 Å². The average molecular weight is 657 g/mol. The molecule has 2 aliphatic rings. The van der Waals surface area contributed by atoms with Gasteiger partial charge in [-0.2, -0.15) is 5.10 Å². The molecule has 2 aliphatic heterocycles. The molecule has 2 fully saturated rings. The number of fused-ring (bicyclic) bond motifs is 1. The zero-order valence-corrected chi connectivity index (χ0v) is 26.1. The third-order valence-electron chi connectivity index (χ3n) is 8.91. The fraction of sp³-hybridized carbons (Fsp3) is 0.278. The van der Waals surface area contributed by atoms with Crippen LogP contribution in [0, 0.1) is 17.5 Å². The lowest BCUT2D eigenvalue weighted by atomic mass is 9.93. The van der Waals surface area contributed by atoms with Crippen LogP contribution in [0.2, 0.25) is 0 Å². The highest BCUT2D eigenvalue weighted by Gasteiger charge is 2.22. The van der Waals surface area contributed by atoms with Crippen LogP contribution in [-0.2, 0) is 11.2 Å². The third kappa shape index (κ3) is 6.80. The van der Waals surface area contributed by atoms with Crippen LogP contribution in [-0.4, -0.2) is 66.6 Å². The summed E-state index contributed by atoms with van der Waals surface area (Å²) in [5, 5.41) is 27.6. The number of amides is 1. The van der Waals surface area contributed by atoms with E-state index in [9.17, 15) is 23.1 Å². The molecule has 0 saturated carbocycles. The zero-order valence-electron chi connectivity index (χ0n) is 26.1. The predicted molar refractivity (Wildman–Crippen MR) is 179 cm³/mol. The van der Waals surface area contributed by atoms with Gasteiger partial charge in [0.25, 0.3) is 5.91 Å². The van der Waals surface area contributed by atoms with Gasteiger partial charge in [0.05, 0.1) is 11.1 Å². The van der Waals surface area contributed by atoms with Crippen molar-refractivity contribution in [3.8, 4) is 16.9 Å². The highest BCUT2D eigenvalue weighted by molar-refractivity contribution is 6.11. The first-order valence-corrected chi connectivity index (χ1v) is 16.0. The number of piperazine rings is 1. The van der Waals surface area contributed by atoms with Crippen molar-refractivity contribution in [3.63, 3.8) is 0 Å². The Hall–Kier alpha value is -5.07. The molecule has 1 amide bonds. The van der Waals surface area contributed by atoms with Gasteiger partial charge >= 0.3 is 0 Å². The number of nitrogens with one attached hydrogen (secondary N) is 4. The molecular formula is C36H35F3N6O3. The molecular weight excluding hydrogens is 621 g/mol. The summed E-state index contributed by atoms with van der Waals surface area (Å²) < 4.78 is 48.2. The lowest BCUT2D eigenvalue weighted by molar-refractivity contribution is 0.0904. The maximum absolute atomic E-state index is 14.4. The van der Waals surface area contributed by atoms with Gasteiger partial charge in [-0.15, -0.1) is 0 Å². The van der Waals surface area contributed by atoms with E-state index in [2.05, 4.69) is 31.0 Å². The molecule has 3 heterocycles. The first-order chi connectivity index (χ1) is 23.3. The molecule has 0 atom stereocenters. The van der Waals surface area contributed by atoms with Crippen LogP contribution in [0.3, 0.4) is 0 Å². The summed E-state index contributed by atoms with van der Waals surface area (Å²) >= 11 is 0. The quantitative estimate of drug-likeness (QED) is 0.135. The summed E-state index contributed by atoms with van der Waals surface area (Å²) in [6.45, 7) is 4.81. The predicted octanol–water partition coefficient (Wildman–Crippen LogP) is 6.20. The van der Waals surface area contributed by atoms with Crippen LogP contribution in [0.1, 0.15) is 34.3 Å². The Morgan fingerprint density at radius 1 is 0.958 bits per heavy atom. The molecule has 0 bridgehead atoms. The number of hydrogen-bond donors (Lipinski definition) is 5. The maximum Gasteiger partial charge on any atom is 0.258 e. The van der Waals surface area contributed by atoms with Gasteiger partial charge < -0.3 is 30.7 Å². The van der Waals surface area contributed by atoms with Crippen molar-refractivity contribution in [1.82, 2.24) is 15.5 Å². The number of carbonyl (C=O) groups is 1. The SMILES string of the molecule is O=C(Nc1n[nH]c2cc(-c3ccc(O)c(F)c3)c(Cc3cc(F)cc(F)c3)cc12)c1ccc(N2CCNCC2)cc1NC1CCOCC1. The van der Waals surface area contributed by atoms with Crippen LogP contribution in [0.25, 0.3) is 22.0 Å². The van der Waals surface area contributed by atoms with Crippen molar-refractivity contribution < 1.29 is 27.8 Å². The van der Waals surface area contributed by atoms with Gasteiger partial charge in [0.15, 0.2) is 17.4 Å². The van der Waals surface area contributed by atoms with E-state index in [0.717, 1.165) is 56.5 Å². The van der Waals surface area contributed by atoms with Crippen molar-refractivity contribution in [2.45, 2.75) is 25.3 Å². The number of phenolic OH excluding ortho intramolecular Hbond substituents is 1. The number of anilines is 3. The number of nitrogens with zero attached hydrogens (tertiary/aromatic N) is 2. The highest BCUT2D eigenvalue weighted by atomic mass is 19.1. The topological polar surface area (TPSA) is 115 Å². The number of rotatable bonds is 8. The number of aromatic amines is 1. The van der Waals surface area contributed by atoms with E-state index >= 15 is 0 Å². The van der Waals surface area contributed by atoms with Crippen molar-refractivity contribution in [2.24, 2.45) is 0 Å². The normalized spacial score (nSPS) is 15.5. The zero-order chi connectivity index (χ0) is 33.2. The molecule has 0 unspecified atom stereocenters. The summed E-state index contributed by atoms with van der Waals surface area (Å²) in [6, 6.07) is 16.8. The number of benzene rings is 4. The summed E-state index contributed by atoms with van der Waals surface area (Å²) in [6.07, 6.45) is 1.76. The van der Waals surface area contributed by atoms with E-state index in [0.29, 0.717) is 51.9 Å². The number of halogens is 3. The van der Waals surface area contributed by atoms with Crippen LogP contribution < -0.4 is 20.9 Å². The number of H-pyrrole nitrogens is 1. The van der Waals surface area contributed by atoms with Gasteiger partial charge in [-0.1, -0.05) is 6.07 Å². The van der Waals surface area contributed by atoms with Crippen molar-refractivity contribution in [1.29, 1.82) is 0 Å². The molecule has 0 aliphatic carbocycles. The van der Waals surface area contributed by atoms with Gasteiger partial charge in [-0.3, -0.25) is 9.89 Å². The Kier molecular flexibility index (Phi) is 8.92. The smallest absolute Gasteiger partial charge is 0.258 e. The largest absolute Gasteiger partial charge is 0.505 e. The van der Waals surface area contributed by atoms with Crippen LogP contribution >= 0.6 is 0 Å². The number of carbonyl (C=O) groups excluding carboxylic acids is 1. The van der Waals surface area contributed by atoms with Crippen molar-refractivity contribution in [2.75, 3.05) is 54.9 Å². The van der Waals surface area contributed by atoms with Crippen molar-refractivity contribution in [3.05, 3.63) is 101 Å². The van der Waals surface area contributed by atoms with Crippen LogP contribution in [0.4, 0.5) is 30.4 Å². The molecule has 48 heavy (non-hydrogen) atoms. The highest BCUT2D eigenvalue weighted by Crippen LogP contribution is 2.35.